The third-order valence-corrected chi connectivity index (χ3v) is 3.33. The standard InChI is InChI=1S/C19H16N2O2.C2H6/c1-23-17-11-15(10-16(22)12-17)6-5-14-7-8-19(21-13-14)18-4-2-3-9-20-18;1-2/h2-13,22H,1H3;1-2H3/b6-5-;. The van der Waals surface area contributed by atoms with Gasteiger partial charge in [0.2, 0.25) is 0 Å². The zero-order valence-electron chi connectivity index (χ0n) is 14.7. The van der Waals surface area contributed by atoms with Gasteiger partial charge in [-0.15, -0.1) is 0 Å². The summed E-state index contributed by atoms with van der Waals surface area (Å²) in [5, 5.41) is 9.65. The van der Waals surface area contributed by atoms with E-state index in [1.165, 1.54) is 0 Å². The Hall–Kier alpha value is -3.14. The molecule has 4 heteroatoms. The van der Waals surface area contributed by atoms with Crippen molar-refractivity contribution in [1.82, 2.24) is 9.97 Å². The number of methoxy groups -OCH3 is 1. The fourth-order valence-electron chi connectivity index (χ4n) is 2.18. The molecule has 0 saturated heterocycles. The minimum absolute atomic E-state index is 0.174. The molecule has 0 fully saturated rings. The molecule has 1 N–H and O–H groups in total. The molecule has 2 heterocycles. The van der Waals surface area contributed by atoms with Gasteiger partial charge in [0.25, 0.3) is 0 Å². The zero-order valence-corrected chi connectivity index (χ0v) is 14.7. The monoisotopic (exact) mass is 334 g/mol. The van der Waals surface area contributed by atoms with Crippen LogP contribution in [0.2, 0.25) is 0 Å². The summed E-state index contributed by atoms with van der Waals surface area (Å²) in [7, 11) is 1.57. The van der Waals surface area contributed by atoms with Crippen molar-refractivity contribution in [3.63, 3.8) is 0 Å². The molecule has 0 saturated carbocycles. The first kappa shape index (κ1) is 18.2. The molecule has 2 aromatic heterocycles. The van der Waals surface area contributed by atoms with Gasteiger partial charge in [0.05, 0.1) is 18.5 Å². The lowest BCUT2D eigenvalue weighted by atomic mass is 10.1. The Kier molecular flexibility index (Phi) is 6.72. The lowest BCUT2D eigenvalue weighted by molar-refractivity contribution is 0.407. The summed E-state index contributed by atoms with van der Waals surface area (Å²) in [6.45, 7) is 4.00. The summed E-state index contributed by atoms with van der Waals surface area (Å²) in [6, 6.07) is 14.8. The minimum atomic E-state index is 0.174. The molecule has 128 valence electrons. The van der Waals surface area contributed by atoms with E-state index >= 15 is 0 Å². The molecular weight excluding hydrogens is 312 g/mol. The van der Waals surface area contributed by atoms with Crippen LogP contribution in [0.1, 0.15) is 25.0 Å². The van der Waals surface area contributed by atoms with E-state index in [9.17, 15) is 5.11 Å². The number of phenols is 1. The number of phenolic OH excluding ortho intramolecular Hbond substituents is 1. The van der Waals surface area contributed by atoms with E-state index in [0.717, 1.165) is 22.5 Å². The van der Waals surface area contributed by atoms with Crippen molar-refractivity contribution < 1.29 is 9.84 Å². The number of aromatic nitrogens is 2. The summed E-state index contributed by atoms with van der Waals surface area (Å²) in [6.07, 6.45) is 7.38. The molecule has 0 amide bonds. The van der Waals surface area contributed by atoms with Crippen molar-refractivity contribution in [2.75, 3.05) is 7.11 Å². The lowest BCUT2D eigenvalue weighted by Gasteiger charge is -2.03. The Labute approximate surface area is 148 Å². The van der Waals surface area contributed by atoms with Crippen LogP contribution < -0.4 is 4.74 Å². The van der Waals surface area contributed by atoms with Gasteiger partial charge in [0.1, 0.15) is 11.5 Å². The molecule has 3 rings (SSSR count). The van der Waals surface area contributed by atoms with Gasteiger partial charge in [-0.3, -0.25) is 9.97 Å². The fraction of sp³-hybridized carbons (Fsp3) is 0.143. The highest BCUT2D eigenvalue weighted by Crippen LogP contribution is 2.23. The molecule has 0 unspecified atom stereocenters. The number of benzene rings is 1. The maximum atomic E-state index is 9.65. The highest BCUT2D eigenvalue weighted by Gasteiger charge is 2.00. The van der Waals surface area contributed by atoms with E-state index in [0.29, 0.717) is 5.75 Å². The van der Waals surface area contributed by atoms with Crippen LogP contribution in [0, 0.1) is 0 Å². The van der Waals surface area contributed by atoms with Crippen molar-refractivity contribution in [2.24, 2.45) is 0 Å². The third kappa shape index (κ3) is 5.18. The number of aromatic hydroxyl groups is 1. The molecule has 0 atom stereocenters. The van der Waals surface area contributed by atoms with Crippen molar-refractivity contribution >= 4 is 12.2 Å². The maximum Gasteiger partial charge on any atom is 0.123 e. The van der Waals surface area contributed by atoms with Crippen molar-refractivity contribution in [3.05, 3.63) is 72.1 Å². The van der Waals surface area contributed by atoms with E-state index in [1.54, 1.807) is 31.6 Å². The highest BCUT2D eigenvalue weighted by atomic mass is 16.5. The van der Waals surface area contributed by atoms with Gasteiger partial charge in [-0.25, -0.2) is 0 Å². The van der Waals surface area contributed by atoms with E-state index in [4.69, 9.17) is 4.74 Å². The molecule has 3 aromatic rings. The summed E-state index contributed by atoms with van der Waals surface area (Å²) in [5.74, 6) is 0.792. The lowest BCUT2D eigenvalue weighted by Crippen LogP contribution is -1.86. The highest BCUT2D eigenvalue weighted by molar-refractivity contribution is 5.71. The topological polar surface area (TPSA) is 55.2 Å². The first-order valence-corrected chi connectivity index (χ1v) is 8.18. The molecule has 0 aliphatic rings. The van der Waals surface area contributed by atoms with Gasteiger partial charge in [-0.05, 0) is 41.5 Å². The van der Waals surface area contributed by atoms with Gasteiger partial charge in [-0.1, -0.05) is 38.1 Å². The Morgan fingerprint density at radius 1 is 0.880 bits per heavy atom. The molecular formula is C21H22N2O2. The predicted molar refractivity (Wildman–Crippen MR) is 102 cm³/mol. The number of ether oxygens (including phenoxy) is 1. The Morgan fingerprint density at radius 3 is 2.28 bits per heavy atom. The number of rotatable bonds is 4. The van der Waals surface area contributed by atoms with Crippen LogP contribution in [-0.4, -0.2) is 22.2 Å². The first-order valence-electron chi connectivity index (χ1n) is 8.18. The summed E-state index contributed by atoms with van der Waals surface area (Å²) in [4.78, 5) is 8.70. The molecule has 0 radical (unpaired) electrons. The molecule has 1 aromatic carbocycles. The van der Waals surface area contributed by atoms with Crippen LogP contribution in [-0.2, 0) is 0 Å². The van der Waals surface area contributed by atoms with Gasteiger partial charge >= 0.3 is 0 Å². The van der Waals surface area contributed by atoms with Crippen LogP contribution in [0.15, 0.2) is 60.9 Å². The quantitative estimate of drug-likeness (QED) is 0.725. The second-order valence-electron chi connectivity index (χ2n) is 4.99. The largest absolute Gasteiger partial charge is 0.508 e. The number of hydrogen-bond donors (Lipinski definition) is 1. The Bertz CT molecular complexity index is 813. The molecule has 0 bridgehead atoms. The summed E-state index contributed by atoms with van der Waals surface area (Å²) in [5.41, 5.74) is 3.50. The fourth-order valence-corrected chi connectivity index (χ4v) is 2.18. The van der Waals surface area contributed by atoms with E-state index < -0.39 is 0 Å². The number of nitrogens with zero attached hydrogens (tertiary/aromatic N) is 2. The first-order chi connectivity index (χ1) is 12.2. The minimum Gasteiger partial charge on any atom is -0.508 e. The Morgan fingerprint density at radius 2 is 1.64 bits per heavy atom. The number of hydrogen-bond acceptors (Lipinski definition) is 4. The normalized spacial score (nSPS) is 10.2. The van der Waals surface area contributed by atoms with Gasteiger partial charge < -0.3 is 9.84 Å². The average molecular weight is 334 g/mol. The van der Waals surface area contributed by atoms with Gasteiger partial charge in [0.15, 0.2) is 0 Å². The zero-order chi connectivity index (χ0) is 18.1. The average Bonchev–Trinajstić information content (AvgIpc) is 2.68. The van der Waals surface area contributed by atoms with Crippen LogP contribution in [0.3, 0.4) is 0 Å². The number of pyridine rings is 2. The van der Waals surface area contributed by atoms with Gasteiger partial charge in [0, 0.05) is 18.5 Å². The molecule has 0 spiro atoms. The molecule has 4 nitrogen and oxygen atoms in total. The SMILES string of the molecule is CC.COc1cc(O)cc(/C=C\c2ccc(-c3ccccn3)nc2)c1. The van der Waals surface area contributed by atoms with Crippen molar-refractivity contribution in [3.8, 4) is 22.9 Å². The summed E-state index contributed by atoms with van der Waals surface area (Å²) < 4.78 is 5.14. The van der Waals surface area contributed by atoms with Crippen LogP contribution >= 0.6 is 0 Å². The van der Waals surface area contributed by atoms with E-state index in [1.807, 2.05) is 62.4 Å². The van der Waals surface area contributed by atoms with E-state index in [-0.39, 0.29) is 5.75 Å². The van der Waals surface area contributed by atoms with Crippen LogP contribution in [0.4, 0.5) is 0 Å². The van der Waals surface area contributed by atoms with Gasteiger partial charge in [-0.2, -0.15) is 0 Å². The predicted octanol–water partition coefficient (Wildman–Crippen LogP) is 5.05. The molecule has 0 aliphatic carbocycles. The second-order valence-corrected chi connectivity index (χ2v) is 4.99. The maximum absolute atomic E-state index is 9.65. The third-order valence-electron chi connectivity index (χ3n) is 3.33. The summed E-state index contributed by atoms with van der Waals surface area (Å²) >= 11 is 0. The van der Waals surface area contributed by atoms with Crippen LogP contribution in [0.25, 0.3) is 23.5 Å². The second kappa shape index (κ2) is 9.23. The van der Waals surface area contributed by atoms with Crippen molar-refractivity contribution in [1.29, 1.82) is 0 Å². The van der Waals surface area contributed by atoms with Crippen LogP contribution in [0.5, 0.6) is 11.5 Å². The Balaban J connectivity index is 0.00000109. The molecule has 25 heavy (non-hydrogen) atoms. The smallest absolute Gasteiger partial charge is 0.123 e. The van der Waals surface area contributed by atoms with Crippen molar-refractivity contribution in [2.45, 2.75) is 13.8 Å². The molecule has 0 aliphatic heterocycles. The van der Waals surface area contributed by atoms with E-state index in [2.05, 4.69) is 9.97 Å².